The van der Waals surface area contributed by atoms with Gasteiger partial charge >= 0.3 is 0 Å². The first-order valence-corrected chi connectivity index (χ1v) is 9.05. The van der Waals surface area contributed by atoms with Gasteiger partial charge in [0, 0.05) is 19.6 Å². The van der Waals surface area contributed by atoms with Crippen molar-refractivity contribution >= 4 is 0 Å². The van der Waals surface area contributed by atoms with Crippen molar-refractivity contribution in [1.29, 1.82) is 0 Å². The highest BCUT2D eigenvalue weighted by Crippen LogP contribution is 2.28. The third-order valence-corrected chi connectivity index (χ3v) is 5.07. The summed E-state index contributed by atoms with van der Waals surface area (Å²) >= 11 is 0. The molecular weight excluding hydrogens is 272 g/mol. The number of piperidine rings is 1. The number of fused-ring (bicyclic) bond motifs is 1. The van der Waals surface area contributed by atoms with Gasteiger partial charge in [0.1, 0.15) is 5.75 Å². The molecule has 0 spiro atoms. The minimum Gasteiger partial charge on any atom is -0.493 e. The third-order valence-electron chi connectivity index (χ3n) is 5.07. The molecule has 1 fully saturated rings. The zero-order valence-corrected chi connectivity index (χ0v) is 14.0. The maximum Gasteiger partial charge on any atom is 0.122 e. The van der Waals surface area contributed by atoms with Gasteiger partial charge in [0.2, 0.25) is 0 Å². The fourth-order valence-electron chi connectivity index (χ4n) is 3.69. The lowest BCUT2D eigenvalue weighted by atomic mass is 9.99. The fraction of sp³-hybridized carbons (Fsp3) is 0.684. The molecule has 1 saturated heterocycles. The van der Waals surface area contributed by atoms with Crippen LogP contribution in [0.1, 0.15) is 43.7 Å². The first kappa shape index (κ1) is 15.8. The van der Waals surface area contributed by atoms with Gasteiger partial charge < -0.3 is 9.64 Å². The maximum atomic E-state index is 6.12. The first-order valence-electron chi connectivity index (χ1n) is 9.05. The molecule has 2 heterocycles. The van der Waals surface area contributed by atoms with Crippen LogP contribution in [0.5, 0.6) is 5.75 Å². The van der Waals surface area contributed by atoms with E-state index in [2.05, 4.69) is 34.9 Å². The third kappa shape index (κ3) is 4.02. The van der Waals surface area contributed by atoms with Crippen molar-refractivity contribution < 1.29 is 4.74 Å². The lowest BCUT2D eigenvalue weighted by Crippen LogP contribution is -2.31. The lowest BCUT2D eigenvalue weighted by Gasteiger charge is -2.29. The monoisotopic (exact) mass is 302 g/mol. The molecular formula is C19H30N2O. The van der Waals surface area contributed by atoms with Crippen LogP contribution < -0.4 is 4.74 Å². The number of nitrogens with zero attached hydrogens (tertiary/aromatic N) is 2. The highest BCUT2D eigenvalue weighted by molar-refractivity contribution is 5.41. The van der Waals surface area contributed by atoms with E-state index < -0.39 is 0 Å². The molecule has 0 amide bonds. The van der Waals surface area contributed by atoms with Crippen LogP contribution in [-0.2, 0) is 13.0 Å². The van der Waals surface area contributed by atoms with E-state index in [1.807, 2.05) is 0 Å². The van der Waals surface area contributed by atoms with Crippen LogP contribution in [0.15, 0.2) is 18.2 Å². The number of hydrogen-bond donors (Lipinski definition) is 0. The van der Waals surface area contributed by atoms with Crippen LogP contribution in [0, 0.1) is 0 Å². The molecule has 122 valence electrons. The molecule has 0 atom stereocenters. The van der Waals surface area contributed by atoms with Gasteiger partial charge in [0.25, 0.3) is 0 Å². The van der Waals surface area contributed by atoms with Crippen molar-refractivity contribution in [1.82, 2.24) is 9.80 Å². The van der Waals surface area contributed by atoms with Crippen LogP contribution >= 0.6 is 0 Å². The summed E-state index contributed by atoms with van der Waals surface area (Å²) < 4.78 is 6.12. The van der Waals surface area contributed by atoms with Crippen molar-refractivity contribution in [3.05, 3.63) is 29.3 Å². The van der Waals surface area contributed by atoms with Gasteiger partial charge in [-0.3, -0.25) is 4.90 Å². The van der Waals surface area contributed by atoms with E-state index >= 15 is 0 Å². The second kappa shape index (κ2) is 7.98. The molecule has 0 N–H and O–H groups in total. The van der Waals surface area contributed by atoms with E-state index in [0.717, 1.165) is 44.8 Å². The molecule has 1 aromatic rings. The summed E-state index contributed by atoms with van der Waals surface area (Å²) in [6.45, 7) is 10.2. The topological polar surface area (TPSA) is 15.7 Å². The summed E-state index contributed by atoms with van der Waals surface area (Å²) in [5, 5.41) is 0. The number of benzene rings is 1. The van der Waals surface area contributed by atoms with Crippen LogP contribution in [0.25, 0.3) is 0 Å². The van der Waals surface area contributed by atoms with Gasteiger partial charge in [-0.15, -0.1) is 0 Å². The largest absolute Gasteiger partial charge is 0.493 e. The number of hydrogen-bond acceptors (Lipinski definition) is 3. The molecule has 0 aromatic heterocycles. The predicted molar refractivity (Wildman–Crippen MR) is 91.5 cm³/mol. The van der Waals surface area contributed by atoms with Crippen molar-refractivity contribution in [2.24, 2.45) is 0 Å². The number of rotatable bonds is 6. The predicted octanol–water partition coefficient (Wildman–Crippen LogP) is 3.32. The number of likely N-dealkylation sites (tertiary alicyclic amines) is 1. The smallest absolute Gasteiger partial charge is 0.122 e. The van der Waals surface area contributed by atoms with Gasteiger partial charge in [-0.2, -0.15) is 0 Å². The Balaban J connectivity index is 1.48. The Morgan fingerprint density at radius 1 is 1.05 bits per heavy atom. The zero-order valence-electron chi connectivity index (χ0n) is 14.0. The van der Waals surface area contributed by atoms with E-state index in [4.69, 9.17) is 4.74 Å². The average Bonchev–Trinajstić information content (AvgIpc) is 2.59. The van der Waals surface area contributed by atoms with Gasteiger partial charge in [-0.05, 0) is 62.5 Å². The number of likely N-dealkylation sites (N-methyl/N-ethyl adjacent to an activating group) is 1. The van der Waals surface area contributed by atoms with Gasteiger partial charge in [-0.1, -0.05) is 25.5 Å². The molecule has 3 nitrogen and oxygen atoms in total. The summed E-state index contributed by atoms with van der Waals surface area (Å²) in [5.41, 5.74) is 2.91. The molecule has 22 heavy (non-hydrogen) atoms. The normalized spacial score (nSPS) is 19.9. The molecule has 0 radical (unpaired) electrons. The van der Waals surface area contributed by atoms with Crippen LogP contribution in [0.2, 0.25) is 0 Å². The highest BCUT2D eigenvalue weighted by Gasteiger charge is 2.18. The Labute approximate surface area is 135 Å². The van der Waals surface area contributed by atoms with Crippen molar-refractivity contribution in [3.8, 4) is 5.75 Å². The Kier molecular flexibility index (Phi) is 5.74. The summed E-state index contributed by atoms with van der Waals surface area (Å²) in [5.74, 6) is 1.13. The standard InChI is InChI=1S/C19H30N2O/c1-2-20-14-10-18-17(16-20)8-6-9-19(18)22-15-7-13-21-11-4-3-5-12-21/h6,8-9H,2-5,7,10-16H2,1H3. The molecule has 2 aliphatic rings. The summed E-state index contributed by atoms with van der Waals surface area (Å²) in [6.07, 6.45) is 6.44. The van der Waals surface area contributed by atoms with E-state index in [0.29, 0.717) is 0 Å². The van der Waals surface area contributed by atoms with E-state index in [1.165, 1.54) is 50.0 Å². The van der Waals surface area contributed by atoms with Crippen molar-refractivity contribution in [2.75, 3.05) is 39.3 Å². The van der Waals surface area contributed by atoms with E-state index in [1.54, 1.807) is 0 Å². The van der Waals surface area contributed by atoms with E-state index in [-0.39, 0.29) is 0 Å². The molecule has 0 bridgehead atoms. The summed E-state index contributed by atoms with van der Waals surface area (Å²) in [4.78, 5) is 5.09. The summed E-state index contributed by atoms with van der Waals surface area (Å²) in [7, 11) is 0. The Morgan fingerprint density at radius 2 is 1.91 bits per heavy atom. The van der Waals surface area contributed by atoms with Crippen LogP contribution in [-0.4, -0.2) is 49.1 Å². The minimum atomic E-state index is 0.852. The fourth-order valence-corrected chi connectivity index (χ4v) is 3.69. The molecule has 3 heteroatoms. The minimum absolute atomic E-state index is 0.852. The maximum absolute atomic E-state index is 6.12. The van der Waals surface area contributed by atoms with Crippen LogP contribution in [0.3, 0.4) is 0 Å². The Bertz CT molecular complexity index is 469. The zero-order chi connectivity index (χ0) is 15.2. The molecule has 0 unspecified atom stereocenters. The van der Waals surface area contributed by atoms with Gasteiger partial charge in [0.05, 0.1) is 6.61 Å². The van der Waals surface area contributed by atoms with E-state index in [9.17, 15) is 0 Å². The second-order valence-corrected chi connectivity index (χ2v) is 6.62. The first-order chi connectivity index (χ1) is 10.9. The van der Waals surface area contributed by atoms with Crippen molar-refractivity contribution in [3.63, 3.8) is 0 Å². The molecule has 3 rings (SSSR count). The van der Waals surface area contributed by atoms with Gasteiger partial charge in [0.15, 0.2) is 0 Å². The number of ether oxygens (including phenoxy) is 1. The average molecular weight is 302 g/mol. The lowest BCUT2D eigenvalue weighted by molar-refractivity contribution is 0.203. The summed E-state index contributed by atoms with van der Waals surface area (Å²) in [6, 6.07) is 6.57. The van der Waals surface area contributed by atoms with Gasteiger partial charge in [-0.25, -0.2) is 0 Å². The second-order valence-electron chi connectivity index (χ2n) is 6.62. The molecule has 0 saturated carbocycles. The molecule has 1 aromatic carbocycles. The highest BCUT2D eigenvalue weighted by atomic mass is 16.5. The quantitative estimate of drug-likeness (QED) is 0.750. The Hall–Kier alpha value is -1.06. The SMILES string of the molecule is CCN1CCc2c(cccc2OCCCN2CCCCC2)C1. The van der Waals surface area contributed by atoms with Crippen molar-refractivity contribution in [2.45, 2.75) is 45.6 Å². The van der Waals surface area contributed by atoms with Crippen LogP contribution in [0.4, 0.5) is 0 Å². The Morgan fingerprint density at radius 3 is 2.73 bits per heavy atom. The molecule has 0 aliphatic carbocycles. The molecule has 2 aliphatic heterocycles.